The maximum atomic E-state index is 12.7. The summed E-state index contributed by atoms with van der Waals surface area (Å²) in [6.45, 7) is -0.0489. The predicted molar refractivity (Wildman–Crippen MR) is 73.7 cm³/mol. The van der Waals surface area contributed by atoms with Crippen LogP contribution in [0.5, 0.6) is 0 Å². The van der Waals surface area contributed by atoms with Crippen molar-refractivity contribution in [2.75, 3.05) is 6.54 Å². The Morgan fingerprint density at radius 3 is 2.40 bits per heavy atom. The van der Waals surface area contributed by atoms with Gasteiger partial charge in [0.15, 0.2) is 0 Å². The lowest BCUT2D eigenvalue weighted by molar-refractivity contribution is -0.121. The van der Waals surface area contributed by atoms with Crippen molar-refractivity contribution >= 4 is 11.8 Å². The molecule has 0 aliphatic heterocycles. The van der Waals surface area contributed by atoms with Crippen LogP contribution in [-0.2, 0) is 4.79 Å². The molecular weight excluding hydrogens is 259 g/mol. The molecule has 1 fully saturated rings. The van der Waals surface area contributed by atoms with E-state index in [-0.39, 0.29) is 24.4 Å². The molecule has 0 radical (unpaired) electrons. The van der Waals surface area contributed by atoms with E-state index < -0.39 is 5.82 Å². The zero-order valence-electron chi connectivity index (χ0n) is 11.3. The Labute approximate surface area is 117 Å². The van der Waals surface area contributed by atoms with Crippen molar-refractivity contribution in [1.82, 2.24) is 10.6 Å². The molecule has 1 aromatic rings. The molecule has 1 saturated carbocycles. The average Bonchev–Trinajstić information content (AvgIpc) is 2.46. The van der Waals surface area contributed by atoms with Gasteiger partial charge in [0.05, 0.1) is 6.54 Å². The third kappa shape index (κ3) is 4.33. The van der Waals surface area contributed by atoms with Crippen LogP contribution in [0.25, 0.3) is 0 Å². The highest BCUT2D eigenvalue weighted by atomic mass is 19.1. The lowest BCUT2D eigenvalue weighted by Gasteiger charge is -2.22. The fourth-order valence-corrected chi connectivity index (χ4v) is 2.39. The molecule has 0 aromatic heterocycles. The van der Waals surface area contributed by atoms with Crippen LogP contribution in [0, 0.1) is 5.82 Å². The first kappa shape index (κ1) is 14.5. The van der Waals surface area contributed by atoms with Crippen LogP contribution in [0.15, 0.2) is 24.3 Å². The summed E-state index contributed by atoms with van der Waals surface area (Å²) in [4.78, 5) is 23.5. The number of benzene rings is 1. The fraction of sp³-hybridized carbons (Fsp3) is 0.467. The highest BCUT2D eigenvalue weighted by molar-refractivity contribution is 5.96. The molecule has 5 heteroatoms. The van der Waals surface area contributed by atoms with E-state index >= 15 is 0 Å². The Balaban J connectivity index is 1.75. The van der Waals surface area contributed by atoms with E-state index in [1.54, 1.807) is 0 Å². The highest BCUT2D eigenvalue weighted by Gasteiger charge is 2.16. The van der Waals surface area contributed by atoms with Crippen LogP contribution in [0.1, 0.15) is 42.5 Å². The molecule has 2 rings (SSSR count). The fourth-order valence-electron chi connectivity index (χ4n) is 2.39. The van der Waals surface area contributed by atoms with E-state index in [1.807, 2.05) is 0 Å². The standard InChI is InChI=1S/C15H19FN2O2/c16-12-8-6-11(7-9-12)15(20)17-10-14(19)18-13-4-2-1-3-5-13/h6-9,13H,1-5,10H2,(H,17,20)(H,18,19). The summed E-state index contributed by atoms with van der Waals surface area (Å²) in [6.07, 6.45) is 5.54. The first-order valence-electron chi connectivity index (χ1n) is 6.98. The van der Waals surface area contributed by atoms with Gasteiger partial charge >= 0.3 is 0 Å². The number of amides is 2. The van der Waals surface area contributed by atoms with E-state index in [0.29, 0.717) is 5.56 Å². The molecule has 0 bridgehead atoms. The number of halogens is 1. The summed E-state index contributed by atoms with van der Waals surface area (Å²) < 4.78 is 12.7. The molecule has 0 heterocycles. The molecule has 4 nitrogen and oxygen atoms in total. The van der Waals surface area contributed by atoms with Crippen molar-refractivity contribution in [2.24, 2.45) is 0 Å². The van der Waals surface area contributed by atoms with Gasteiger partial charge in [-0.05, 0) is 37.1 Å². The molecule has 0 atom stereocenters. The second-order valence-electron chi connectivity index (χ2n) is 5.09. The average molecular weight is 278 g/mol. The van der Waals surface area contributed by atoms with Crippen LogP contribution in [0.4, 0.5) is 4.39 Å². The third-order valence-corrected chi connectivity index (χ3v) is 3.49. The zero-order chi connectivity index (χ0) is 14.4. The van der Waals surface area contributed by atoms with Gasteiger partial charge in [0, 0.05) is 11.6 Å². The van der Waals surface area contributed by atoms with Crippen molar-refractivity contribution < 1.29 is 14.0 Å². The molecule has 0 spiro atoms. The minimum Gasteiger partial charge on any atom is -0.352 e. The Kier molecular flexibility index (Phi) is 5.09. The molecule has 1 aliphatic rings. The molecule has 20 heavy (non-hydrogen) atoms. The smallest absolute Gasteiger partial charge is 0.251 e. The van der Waals surface area contributed by atoms with Gasteiger partial charge in [0.2, 0.25) is 5.91 Å². The van der Waals surface area contributed by atoms with Crippen molar-refractivity contribution in [3.05, 3.63) is 35.6 Å². The zero-order valence-corrected chi connectivity index (χ0v) is 11.3. The van der Waals surface area contributed by atoms with E-state index in [2.05, 4.69) is 10.6 Å². The number of carbonyl (C=O) groups excluding carboxylic acids is 2. The summed E-state index contributed by atoms with van der Waals surface area (Å²) in [6, 6.07) is 5.46. The second-order valence-corrected chi connectivity index (χ2v) is 5.09. The van der Waals surface area contributed by atoms with Gasteiger partial charge in [-0.3, -0.25) is 9.59 Å². The van der Waals surface area contributed by atoms with Crippen molar-refractivity contribution in [3.8, 4) is 0 Å². The first-order chi connectivity index (χ1) is 9.65. The largest absolute Gasteiger partial charge is 0.352 e. The quantitative estimate of drug-likeness (QED) is 0.885. The summed E-state index contributed by atoms with van der Waals surface area (Å²) >= 11 is 0. The van der Waals surface area contributed by atoms with Gasteiger partial charge in [-0.15, -0.1) is 0 Å². The Morgan fingerprint density at radius 1 is 1.10 bits per heavy atom. The summed E-state index contributed by atoms with van der Waals surface area (Å²) in [5, 5.41) is 5.46. The summed E-state index contributed by atoms with van der Waals surface area (Å²) in [5.41, 5.74) is 0.344. The molecule has 1 aromatic carbocycles. The minimum atomic E-state index is -0.392. The predicted octanol–water partition coefficient (Wildman–Crippen LogP) is 2.00. The van der Waals surface area contributed by atoms with Gasteiger partial charge in [-0.2, -0.15) is 0 Å². The number of carbonyl (C=O) groups is 2. The third-order valence-electron chi connectivity index (χ3n) is 3.49. The Hall–Kier alpha value is -1.91. The molecule has 2 amide bonds. The number of hydrogen-bond acceptors (Lipinski definition) is 2. The number of rotatable bonds is 4. The normalized spacial score (nSPS) is 15.7. The lowest BCUT2D eigenvalue weighted by Crippen LogP contribution is -2.42. The van der Waals surface area contributed by atoms with Crippen LogP contribution in [0.2, 0.25) is 0 Å². The maximum absolute atomic E-state index is 12.7. The van der Waals surface area contributed by atoms with Crippen molar-refractivity contribution in [1.29, 1.82) is 0 Å². The highest BCUT2D eigenvalue weighted by Crippen LogP contribution is 2.17. The van der Waals surface area contributed by atoms with Gasteiger partial charge in [-0.25, -0.2) is 4.39 Å². The summed E-state index contributed by atoms with van der Waals surface area (Å²) in [5.74, 6) is -0.937. The molecule has 2 N–H and O–H groups in total. The molecule has 0 saturated heterocycles. The van der Waals surface area contributed by atoms with E-state index in [1.165, 1.54) is 30.7 Å². The first-order valence-corrected chi connectivity index (χ1v) is 6.98. The van der Waals surface area contributed by atoms with Gasteiger partial charge in [0.25, 0.3) is 5.91 Å². The van der Waals surface area contributed by atoms with E-state index in [0.717, 1.165) is 25.7 Å². The van der Waals surface area contributed by atoms with Gasteiger partial charge < -0.3 is 10.6 Å². The maximum Gasteiger partial charge on any atom is 0.251 e. The van der Waals surface area contributed by atoms with E-state index in [4.69, 9.17) is 0 Å². The topological polar surface area (TPSA) is 58.2 Å². The second kappa shape index (κ2) is 7.03. The number of nitrogens with one attached hydrogen (secondary N) is 2. The Morgan fingerprint density at radius 2 is 1.75 bits per heavy atom. The molecule has 1 aliphatic carbocycles. The molecule has 108 valence electrons. The van der Waals surface area contributed by atoms with Crippen molar-refractivity contribution in [3.63, 3.8) is 0 Å². The monoisotopic (exact) mass is 278 g/mol. The van der Waals surface area contributed by atoms with Crippen molar-refractivity contribution in [2.45, 2.75) is 38.1 Å². The minimum absolute atomic E-state index is 0.0489. The molecule has 0 unspecified atom stereocenters. The SMILES string of the molecule is O=C(CNC(=O)c1ccc(F)cc1)NC1CCCCC1. The van der Waals surface area contributed by atoms with Gasteiger partial charge in [-0.1, -0.05) is 19.3 Å². The van der Waals surface area contributed by atoms with Crippen LogP contribution in [0.3, 0.4) is 0 Å². The molecular formula is C15H19FN2O2. The van der Waals surface area contributed by atoms with Crippen LogP contribution < -0.4 is 10.6 Å². The van der Waals surface area contributed by atoms with E-state index in [9.17, 15) is 14.0 Å². The lowest BCUT2D eigenvalue weighted by atomic mass is 9.95. The van der Waals surface area contributed by atoms with Crippen LogP contribution in [-0.4, -0.2) is 24.4 Å². The van der Waals surface area contributed by atoms with Gasteiger partial charge in [0.1, 0.15) is 5.82 Å². The van der Waals surface area contributed by atoms with Crippen LogP contribution >= 0.6 is 0 Å². The Bertz CT molecular complexity index is 467. The summed E-state index contributed by atoms with van der Waals surface area (Å²) in [7, 11) is 0. The number of hydrogen-bond donors (Lipinski definition) is 2.